The summed E-state index contributed by atoms with van der Waals surface area (Å²) in [6.45, 7) is 0. The molecule has 0 aliphatic heterocycles. The van der Waals surface area contributed by atoms with Gasteiger partial charge in [-0.2, -0.15) is 4.68 Å². The number of tetrazole rings is 1. The maximum absolute atomic E-state index is 13.2. The number of carbonyl (C=O) groups is 2. The fourth-order valence-corrected chi connectivity index (χ4v) is 4.66. The Balaban J connectivity index is 1.43. The zero-order valence-electron chi connectivity index (χ0n) is 21.7. The Kier molecular flexibility index (Phi) is 8.52. The SMILES string of the molecule is COC(=O)c1cccc(-c2nc([C@H](Cc3ccccc3)NC(=O)C=Cc3cc(Cl)ccc3-n3cnnn3)[nH]c2Cl)c1. The van der Waals surface area contributed by atoms with Crippen molar-refractivity contribution in [1.82, 2.24) is 35.5 Å². The number of nitrogens with one attached hydrogen (secondary N) is 2. The van der Waals surface area contributed by atoms with Gasteiger partial charge in [0.2, 0.25) is 5.91 Å². The molecule has 10 nitrogen and oxygen atoms in total. The van der Waals surface area contributed by atoms with E-state index in [9.17, 15) is 9.59 Å². The van der Waals surface area contributed by atoms with Crippen LogP contribution in [0.3, 0.4) is 0 Å². The first-order chi connectivity index (χ1) is 19.9. The average molecular weight is 588 g/mol. The van der Waals surface area contributed by atoms with Crippen molar-refractivity contribution in [2.45, 2.75) is 12.5 Å². The number of amides is 1. The van der Waals surface area contributed by atoms with E-state index in [2.05, 4.69) is 25.8 Å². The van der Waals surface area contributed by atoms with E-state index >= 15 is 0 Å². The van der Waals surface area contributed by atoms with Gasteiger partial charge in [-0.15, -0.1) is 5.10 Å². The number of esters is 1. The van der Waals surface area contributed by atoms with Crippen LogP contribution in [0.15, 0.2) is 85.2 Å². The van der Waals surface area contributed by atoms with Crippen molar-refractivity contribution < 1.29 is 14.3 Å². The number of carbonyl (C=O) groups excluding carboxylic acids is 2. The highest BCUT2D eigenvalue weighted by atomic mass is 35.5. The number of aromatic amines is 1. The van der Waals surface area contributed by atoms with Crippen LogP contribution in [0.25, 0.3) is 23.0 Å². The van der Waals surface area contributed by atoms with Gasteiger partial charge in [0.05, 0.1) is 24.4 Å². The molecule has 3 aromatic carbocycles. The summed E-state index contributed by atoms with van der Waals surface area (Å²) in [5, 5.41) is 15.1. The van der Waals surface area contributed by atoms with Gasteiger partial charge in [0, 0.05) is 22.2 Å². The van der Waals surface area contributed by atoms with Crippen molar-refractivity contribution in [3.05, 3.63) is 118 Å². The highest BCUT2D eigenvalue weighted by Gasteiger charge is 2.21. The summed E-state index contributed by atoms with van der Waals surface area (Å²) in [4.78, 5) is 33.0. The zero-order valence-corrected chi connectivity index (χ0v) is 23.2. The number of hydrogen-bond acceptors (Lipinski definition) is 7. The largest absolute Gasteiger partial charge is 0.465 e. The second-order valence-corrected chi connectivity index (χ2v) is 9.71. The van der Waals surface area contributed by atoms with Crippen LogP contribution in [-0.4, -0.2) is 49.2 Å². The predicted octanol–water partition coefficient (Wildman–Crippen LogP) is 5.26. The minimum atomic E-state index is -0.553. The molecule has 41 heavy (non-hydrogen) atoms. The molecule has 0 fully saturated rings. The molecule has 2 heterocycles. The van der Waals surface area contributed by atoms with Crippen LogP contribution >= 0.6 is 23.2 Å². The van der Waals surface area contributed by atoms with E-state index in [0.717, 1.165) is 5.56 Å². The van der Waals surface area contributed by atoms with Gasteiger partial charge in [0.15, 0.2) is 0 Å². The van der Waals surface area contributed by atoms with E-state index in [1.165, 1.54) is 24.2 Å². The normalized spacial score (nSPS) is 11.9. The van der Waals surface area contributed by atoms with E-state index in [1.54, 1.807) is 48.5 Å². The van der Waals surface area contributed by atoms with Gasteiger partial charge in [0.1, 0.15) is 23.0 Å². The third-order valence-electron chi connectivity index (χ3n) is 6.16. The van der Waals surface area contributed by atoms with Crippen molar-refractivity contribution in [3.8, 4) is 16.9 Å². The van der Waals surface area contributed by atoms with Crippen LogP contribution in [0.5, 0.6) is 0 Å². The third-order valence-corrected chi connectivity index (χ3v) is 6.67. The molecular formula is C29H23Cl2N7O3. The Morgan fingerprint density at radius 3 is 2.66 bits per heavy atom. The Bertz CT molecular complexity index is 1700. The van der Waals surface area contributed by atoms with Crippen LogP contribution in [0, 0.1) is 0 Å². The number of aromatic nitrogens is 6. The van der Waals surface area contributed by atoms with Crippen LogP contribution in [0.4, 0.5) is 0 Å². The van der Waals surface area contributed by atoms with E-state index in [-0.39, 0.29) is 11.1 Å². The standard InChI is InChI=1S/C29H23Cl2N7O3/c1-41-29(40)21-9-5-8-20(15-21)26-27(31)35-28(34-26)23(14-18-6-3-2-4-7-18)33-25(39)13-10-19-16-22(30)11-12-24(19)38-17-32-36-37-38/h2-13,15-17,23H,14H2,1H3,(H,33,39)(H,34,35)/t23-/m0/s1. The topological polar surface area (TPSA) is 128 Å². The van der Waals surface area contributed by atoms with Crippen LogP contribution in [-0.2, 0) is 16.0 Å². The number of rotatable bonds is 9. The molecule has 5 rings (SSSR count). The Morgan fingerprint density at radius 1 is 1.07 bits per heavy atom. The lowest BCUT2D eigenvalue weighted by Crippen LogP contribution is -2.29. The molecule has 0 spiro atoms. The highest BCUT2D eigenvalue weighted by Crippen LogP contribution is 2.29. The summed E-state index contributed by atoms with van der Waals surface area (Å²) >= 11 is 12.8. The molecule has 12 heteroatoms. The summed E-state index contributed by atoms with van der Waals surface area (Å²) in [7, 11) is 1.32. The zero-order chi connectivity index (χ0) is 28.8. The minimum absolute atomic E-state index is 0.273. The van der Waals surface area contributed by atoms with Gasteiger partial charge < -0.3 is 15.0 Å². The van der Waals surface area contributed by atoms with Gasteiger partial charge in [0.25, 0.3) is 0 Å². The van der Waals surface area contributed by atoms with Crippen molar-refractivity contribution in [2.24, 2.45) is 0 Å². The smallest absolute Gasteiger partial charge is 0.337 e. The minimum Gasteiger partial charge on any atom is -0.465 e. The van der Waals surface area contributed by atoms with E-state index < -0.39 is 12.0 Å². The molecule has 5 aromatic rings. The second-order valence-electron chi connectivity index (χ2n) is 8.90. The molecule has 1 amide bonds. The first kappa shape index (κ1) is 27.8. The van der Waals surface area contributed by atoms with E-state index in [4.69, 9.17) is 32.9 Å². The Hall–Kier alpha value is -4.80. The van der Waals surface area contributed by atoms with Gasteiger partial charge in [-0.05, 0) is 58.8 Å². The quantitative estimate of drug-likeness (QED) is 0.178. The molecule has 0 radical (unpaired) electrons. The molecule has 206 valence electrons. The molecule has 0 unspecified atom stereocenters. The number of ether oxygens (including phenoxy) is 1. The maximum atomic E-state index is 13.2. The Morgan fingerprint density at radius 2 is 1.90 bits per heavy atom. The number of H-pyrrole nitrogens is 1. The van der Waals surface area contributed by atoms with Crippen molar-refractivity contribution in [2.75, 3.05) is 7.11 Å². The van der Waals surface area contributed by atoms with Gasteiger partial charge in [-0.3, -0.25) is 4.79 Å². The number of methoxy groups -OCH3 is 1. The molecule has 1 atom stereocenters. The maximum Gasteiger partial charge on any atom is 0.337 e. The van der Waals surface area contributed by atoms with Crippen LogP contribution < -0.4 is 5.32 Å². The van der Waals surface area contributed by atoms with E-state index in [1.807, 2.05) is 30.3 Å². The summed E-state index contributed by atoms with van der Waals surface area (Å²) in [6, 6.07) is 21.1. The molecule has 0 saturated heterocycles. The molecule has 2 aromatic heterocycles. The first-order valence-corrected chi connectivity index (χ1v) is 13.2. The third kappa shape index (κ3) is 6.68. The molecule has 0 bridgehead atoms. The van der Waals surface area contributed by atoms with Crippen LogP contribution in [0.1, 0.15) is 33.4 Å². The summed E-state index contributed by atoms with van der Waals surface area (Å²) in [5.74, 6) is -0.380. The fraction of sp³-hybridized carbons (Fsp3) is 0.103. The summed E-state index contributed by atoms with van der Waals surface area (Å²) < 4.78 is 6.31. The molecule has 2 N–H and O–H groups in total. The lowest BCUT2D eigenvalue weighted by atomic mass is 10.1. The predicted molar refractivity (Wildman–Crippen MR) is 155 cm³/mol. The van der Waals surface area contributed by atoms with Crippen molar-refractivity contribution >= 4 is 41.2 Å². The number of imidazole rings is 1. The molecule has 0 aliphatic rings. The number of hydrogen-bond donors (Lipinski definition) is 2. The summed E-state index contributed by atoms with van der Waals surface area (Å²) in [5.41, 5.74) is 3.72. The van der Waals surface area contributed by atoms with Crippen LogP contribution in [0.2, 0.25) is 10.2 Å². The van der Waals surface area contributed by atoms with Gasteiger partial charge >= 0.3 is 5.97 Å². The second kappa shape index (κ2) is 12.6. The summed E-state index contributed by atoms with van der Waals surface area (Å²) in [6.07, 6.45) is 4.94. The highest BCUT2D eigenvalue weighted by molar-refractivity contribution is 6.32. The monoisotopic (exact) mass is 587 g/mol. The van der Waals surface area contributed by atoms with Crippen molar-refractivity contribution in [3.63, 3.8) is 0 Å². The lowest BCUT2D eigenvalue weighted by Gasteiger charge is -2.16. The molecular weight excluding hydrogens is 565 g/mol. The van der Waals surface area contributed by atoms with Gasteiger partial charge in [-0.1, -0.05) is 65.7 Å². The lowest BCUT2D eigenvalue weighted by molar-refractivity contribution is -0.117. The van der Waals surface area contributed by atoms with Gasteiger partial charge in [-0.25, -0.2) is 9.78 Å². The number of nitrogens with zero attached hydrogens (tertiary/aromatic N) is 5. The van der Waals surface area contributed by atoms with Crippen molar-refractivity contribution in [1.29, 1.82) is 0 Å². The Labute approximate surface area is 245 Å². The fourth-order valence-electron chi connectivity index (χ4n) is 4.23. The molecule has 0 aliphatic carbocycles. The average Bonchev–Trinajstić information content (AvgIpc) is 3.66. The molecule has 0 saturated carbocycles. The number of halogens is 2. The van der Waals surface area contributed by atoms with E-state index in [0.29, 0.717) is 45.3 Å². The number of benzene rings is 3. The first-order valence-electron chi connectivity index (χ1n) is 12.4.